The Bertz CT molecular complexity index is 550. The molecule has 0 unspecified atom stereocenters. The van der Waals surface area contributed by atoms with Gasteiger partial charge >= 0.3 is 13.5 Å². The second-order valence-corrected chi connectivity index (χ2v) is 6.17. The van der Waals surface area contributed by atoms with Crippen molar-refractivity contribution in [2.45, 2.75) is 39.0 Å². The van der Waals surface area contributed by atoms with Crippen LogP contribution in [0.2, 0.25) is 0 Å². The zero-order chi connectivity index (χ0) is 14.8. The maximum Gasteiger partial charge on any atom is 0.515 e. The molecule has 1 aliphatic carbocycles. The predicted octanol–water partition coefficient (Wildman–Crippen LogP) is 1.78. The van der Waals surface area contributed by atoms with Gasteiger partial charge < -0.3 is 4.42 Å². The van der Waals surface area contributed by atoms with E-state index >= 15 is 0 Å². The van der Waals surface area contributed by atoms with E-state index in [2.05, 4.69) is 24.2 Å². The summed E-state index contributed by atoms with van der Waals surface area (Å²) in [5, 5.41) is 3.89. The molecule has 0 saturated heterocycles. The zero-order valence-electron chi connectivity index (χ0n) is 11.5. The third-order valence-electron chi connectivity index (χ3n) is 2.81. The van der Waals surface area contributed by atoms with Crippen molar-refractivity contribution >= 4 is 7.75 Å². The average molecular weight is 308 g/mol. The maximum atomic E-state index is 12.5. The highest BCUT2D eigenvalue weighted by molar-refractivity contribution is 7.51. The van der Waals surface area contributed by atoms with Gasteiger partial charge in [-0.15, -0.1) is 14.4 Å². The summed E-state index contributed by atoms with van der Waals surface area (Å²) >= 11 is 0. The number of nitrogens with zero attached hydrogens (tertiary/aromatic N) is 2. The van der Waals surface area contributed by atoms with E-state index in [0.29, 0.717) is 4.45 Å². The van der Waals surface area contributed by atoms with Crippen LogP contribution >= 0.6 is 7.75 Å². The normalized spacial score (nSPS) is 17.4. The summed E-state index contributed by atoms with van der Waals surface area (Å²) in [6.45, 7) is 5.34. The number of rotatable bonds is 8. The van der Waals surface area contributed by atoms with E-state index in [0.717, 1.165) is 12.8 Å². The van der Waals surface area contributed by atoms with Crippen LogP contribution in [0.4, 0.5) is 0 Å². The van der Waals surface area contributed by atoms with Crippen LogP contribution in [0.3, 0.4) is 0 Å². The standard InChI is InChI=1S/C10H17N2O7P/c1-4-15-18-20(14,19-16-5-2)12-9(13)17-8(11-12)10(3)6-7-10/h4-7H2,1-3H3. The Balaban J connectivity index is 2.30. The van der Waals surface area contributed by atoms with Gasteiger partial charge in [0.1, 0.15) is 0 Å². The molecule has 0 radical (unpaired) electrons. The molecule has 1 fully saturated rings. The van der Waals surface area contributed by atoms with Gasteiger partial charge in [-0.25, -0.2) is 19.1 Å². The molecule has 0 aliphatic heterocycles. The molecule has 2 rings (SSSR count). The van der Waals surface area contributed by atoms with Crippen LogP contribution in [0.1, 0.15) is 39.5 Å². The van der Waals surface area contributed by atoms with Crippen LogP contribution in [-0.2, 0) is 29.1 Å². The third kappa shape index (κ3) is 3.02. The SMILES string of the molecule is CCOOP(=O)(OOCC)n1nc(C2(C)CC2)oc1=O. The quantitative estimate of drug-likeness (QED) is 0.407. The van der Waals surface area contributed by atoms with E-state index in [1.165, 1.54) is 0 Å². The Hall–Kier alpha value is -0.990. The molecule has 1 aromatic rings. The molecule has 1 aromatic heterocycles. The summed E-state index contributed by atoms with van der Waals surface area (Å²) < 4.78 is 27.2. The van der Waals surface area contributed by atoms with Gasteiger partial charge in [0.25, 0.3) is 0 Å². The lowest BCUT2D eigenvalue weighted by Crippen LogP contribution is -2.18. The first kappa shape index (κ1) is 15.4. The van der Waals surface area contributed by atoms with Crippen molar-refractivity contribution in [1.82, 2.24) is 9.55 Å². The molecule has 0 aromatic carbocycles. The molecular formula is C10H17N2O7P. The first-order valence-electron chi connectivity index (χ1n) is 6.29. The third-order valence-corrected chi connectivity index (χ3v) is 4.12. The van der Waals surface area contributed by atoms with Gasteiger partial charge in [0.05, 0.1) is 13.2 Å². The Morgan fingerprint density at radius 1 is 1.30 bits per heavy atom. The van der Waals surface area contributed by atoms with Crippen molar-refractivity contribution < 1.29 is 28.1 Å². The lowest BCUT2D eigenvalue weighted by Gasteiger charge is -2.12. The molecule has 0 bridgehead atoms. The molecule has 1 aliphatic rings. The second-order valence-electron chi connectivity index (χ2n) is 4.55. The van der Waals surface area contributed by atoms with Crippen molar-refractivity contribution in [1.29, 1.82) is 0 Å². The molecule has 0 amide bonds. The fraction of sp³-hybridized carbons (Fsp3) is 0.800. The smallest absolute Gasteiger partial charge is 0.391 e. The lowest BCUT2D eigenvalue weighted by atomic mass is 10.1. The zero-order valence-corrected chi connectivity index (χ0v) is 12.4. The Labute approximate surface area is 115 Å². The summed E-state index contributed by atoms with van der Waals surface area (Å²) in [5.74, 6) is -0.751. The van der Waals surface area contributed by atoms with E-state index in [1.54, 1.807) is 13.8 Å². The minimum atomic E-state index is -4.21. The predicted molar refractivity (Wildman–Crippen MR) is 65.8 cm³/mol. The Morgan fingerprint density at radius 3 is 2.30 bits per heavy atom. The Kier molecular flexibility index (Phi) is 4.46. The first-order chi connectivity index (χ1) is 9.45. The number of hydrogen-bond acceptors (Lipinski definition) is 8. The van der Waals surface area contributed by atoms with Gasteiger partial charge in [-0.1, -0.05) is 11.4 Å². The van der Waals surface area contributed by atoms with Gasteiger partial charge in [0.15, 0.2) is 0 Å². The van der Waals surface area contributed by atoms with Crippen molar-refractivity contribution in [2.75, 3.05) is 13.2 Å². The van der Waals surface area contributed by atoms with E-state index in [-0.39, 0.29) is 24.5 Å². The fourth-order valence-corrected chi connectivity index (χ4v) is 2.45. The van der Waals surface area contributed by atoms with E-state index in [1.807, 2.05) is 6.92 Å². The van der Waals surface area contributed by atoms with E-state index in [9.17, 15) is 9.36 Å². The minimum Gasteiger partial charge on any atom is -0.391 e. The minimum absolute atomic E-state index is 0.108. The average Bonchev–Trinajstić information content (AvgIpc) is 3.04. The Morgan fingerprint density at radius 2 is 1.85 bits per heavy atom. The van der Waals surface area contributed by atoms with Crippen LogP contribution in [0.25, 0.3) is 0 Å². The van der Waals surface area contributed by atoms with Gasteiger partial charge in [-0.3, -0.25) is 0 Å². The van der Waals surface area contributed by atoms with E-state index < -0.39 is 13.5 Å². The second kappa shape index (κ2) is 5.79. The molecule has 20 heavy (non-hydrogen) atoms. The van der Waals surface area contributed by atoms with Crippen molar-refractivity contribution in [3.05, 3.63) is 16.4 Å². The number of aromatic nitrogens is 2. The van der Waals surface area contributed by atoms with Crippen molar-refractivity contribution in [3.8, 4) is 0 Å². The summed E-state index contributed by atoms with van der Waals surface area (Å²) in [6.07, 6.45) is 1.69. The fourth-order valence-electron chi connectivity index (χ4n) is 1.39. The highest BCUT2D eigenvalue weighted by Crippen LogP contribution is 2.50. The molecule has 1 heterocycles. The molecule has 9 nitrogen and oxygen atoms in total. The molecule has 1 saturated carbocycles. The van der Waals surface area contributed by atoms with E-state index in [4.69, 9.17) is 4.42 Å². The largest absolute Gasteiger partial charge is 0.515 e. The monoisotopic (exact) mass is 308 g/mol. The topological polar surface area (TPSA) is 102 Å². The first-order valence-corrected chi connectivity index (χ1v) is 7.78. The summed E-state index contributed by atoms with van der Waals surface area (Å²) in [5.41, 5.74) is -0.299. The van der Waals surface area contributed by atoms with Crippen molar-refractivity contribution in [2.24, 2.45) is 0 Å². The van der Waals surface area contributed by atoms with Crippen LogP contribution in [0.5, 0.6) is 0 Å². The van der Waals surface area contributed by atoms with Gasteiger partial charge in [-0.2, -0.15) is 0 Å². The van der Waals surface area contributed by atoms with Gasteiger partial charge in [0, 0.05) is 5.41 Å². The van der Waals surface area contributed by atoms with Gasteiger partial charge in [0.2, 0.25) is 5.89 Å². The molecular weight excluding hydrogens is 291 g/mol. The number of hydrogen-bond donors (Lipinski definition) is 0. The van der Waals surface area contributed by atoms with Crippen molar-refractivity contribution in [3.63, 3.8) is 0 Å². The highest BCUT2D eigenvalue weighted by atomic mass is 31.2. The summed E-state index contributed by atoms with van der Waals surface area (Å²) in [4.78, 5) is 21.0. The highest BCUT2D eigenvalue weighted by Gasteiger charge is 2.47. The van der Waals surface area contributed by atoms with Crippen LogP contribution in [0.15, 0.2) is 9.21 Å². The summed E-state index contributed by atoms with van der Waals surface area (Å²) in [6, 6.07) is 0. The molecule has 0 atom stereocenters. The molecule has 10 heteroatoms. The molecule has 0 spiro atoms. The lowest BCUT2D eigenvalue weighted by molar-refractivity contribution is -0.265. The summed E-state index contributed by atoms with van der Waals surface area (Å²) in [7, 11) is -4.21. The maximum absolute atomic E-state index is 12.5. The van der Waals surface area contributed by atoms with Gasteiger partial charge in [-0.05, 0) is 26.7 Å². The van der Waals surface area contributed by atoms with Crippen LogP contribution in [0, 0.1) is 0 Å². The molecule has 114 valence electrons. The van der Waals surface area contributed by atoms with Crippen LogP contribution < -0.4 is 5.76 Å². The van der Waals surface area contributed by atoms with Crippen LogP contribution in [-0.4, -0.2) is 22.8 Å². The molecule has 0 N–H and O–H groups in total.